The van der Waals surface area contributed by atoms with Crippen molar-refractivity contribution in [2.75, 3.05) is 13.1 Å². The number of rotatable bonds is 2. The first-order valence-electron chi connectivity index (χ1n) is 6.64. The lowest BCUT2D eigenvalue weighted by Crippen LogP contribution is -2.42. The van der Waals surface area contributed by atoms with Crippen molar-refractivity contribution in [3.63, 3.8) is 0 Å². The van der Waals surface area contributed by atoms with Gasteiger partial charge < -0.3 is 5.73 Å². The summed E-state index contributed by atoms with van der Waals surface area (Å²) in [6.45, 7) is 3.05. The fraction of sp³-hybridized carbons (Fsp3) is 0.400. The lowest BCUT2D eigenvalue weighted by molar-refractivity contribution is 0.199. The summed E-state index contributed by atoms with van der Waals surface area (Å²) in [5.41, 5.74) is 8.23. The van der Waals surface area contributed by atoms with Crippen molar-refractivity contribution in [3.05, 3.63) is 42.1 Å². The minimum Gasteiger partial charge on any atom is -0.327 e. The van der Waals surface area contributed by atoms with Crippen molar-refractivity contribution in [2.45, 2.75) is 25.4 Å². The van der Waals surface area contributed by atoms with Crippen LogP contribution < -0.4 is 5.73 Å². The first-order chi connectivity index (χ1) is 8.81. The van der Waals surface area contributed by atoms with Crippen LogP contribution in [0.15, 0.2) is 36.4 Å². The molecule has 0 saturated carbocycles. The summed E-state index contributed by atoms with van der Waals surface area (Å²) in [7, 11) is 0. The minimum atomic E-state index is 0.333. The summed E-state index contributed by atoms with van der Waals surface area (Å²) in [6.07, 6.45) is 2.36. The van der Waals surface area contributed by atoms with Gasteiger partial charge in [-0.25, -0.2) is 0 Å². The summed E-state index contributed by atoms with van der Waals surface area (Å²) in [4.78, 5) is 7.12. The molecule has 2 heterocycles. The zero-order valence-corrected chi connectivity index (χ0v) is 10.5. The van der Waals surface area contributed by atoms with Gasteiger partial charge in [0.05, 0.1) is 11.2 Å². The molecule has 1 aromatic heterocycles. The van der Waals surface area contributed by atoms with Crippen LogP contribution in [-0.4, -0.2) is 29.0 Å². The van der Waals surface area contributed by atoms with Gasteiger partial charge in [-0.2, -0.15) is 0 Å². The lowest BCUT2D eigenvalue weighted by Gasteiger charge is -2.30. The van der Waals surface area contributed by atoms with Gasteiger partial charge >= 0.3 is 0 Å². The molecule has 1 aliphatic heterocycles. The quantitative estimate of drug-likeness (QED) is 0.876. The Morgan fingerprint density at radius 3 is 3.00 bits per heavy atom. The highest BCUT2D eigenvalue weighted by Crippen LogP contribution is 2.15. The van der Waals surface area contributed by atoms with Gasteiger partial charge in [0.2, 0.25) is 0 Å². The summed E-state index contributed by atoms with van der Waals surface area (Å²) in [6, 6.07) is 12.9. The molecule has 0 bridgehead atoms. The van der Waals surface area contributed by atoms with Gasteiger partial charge in [0, 0.05) is 24.5 Å². The number of piperidine rings is 1. The first-order valence-corrected chi connectivity index (χ1v) is 6.64. The Morgan fingerprint density at radius 1 is 1.22 bits per heavy atom. The van der Waals surface area contributed by atoms with Crippen LogP contribution in [-0.2, 0) is 6.54 Å². The molecule has 0 spiro atoms. The normalized spacial score (nSPS) is 21.3. The summed E-state index contributed by atoms with van der Waals surface area (Å²) in [5, 5.41) is 1.21. The van der Waals surface area contributed by atoms with Crippen LogP contribution >= 0.6 is 0 Å². The summed E-state index contributed by atoms with van der Waals surface area (Å²) < 4.78 is 0. The molecule has 1 fully saturated rings. The molecule has 18 heavy (non-hydrogen) atoms. The van der Waals surface area contributed by atoms with E-state index in [9.17, 15) is 0 Å². The Morgan fingerprint density at radius 2 is 2.11 bits per heavy atom. The smallest absolute Gasteiger partial charge is 0.0705 e. The maximum atomic E-state index is 6.01. The number of aromatic nitrogens is 1. The van der Waals surface area contributed by atoms with Crippen molar-refractivity contribution < 1.29 is 0 Å². The molecule has 2 aromatic rings. The molecule has 94 valence electrons. The van der Waals surface area contributed by atoms with E-state index in [1.807, 2.05) is 12.1 Å². The van der Waals surface area contributed by atoms with Crippen LogP contribution in [0.25, 0.3) is 10.9 Å². The molecule has 0 aliphatic carbocycles. The number of para-hydroxylation sites is 1. The van der Waals surface area contributed by atoms with Gasteiger partial charge in [-0.15, -0.1) is 0 Å². The molecule has 0 amide bonds. The number of nitrogens with zero attached hydrogens (tertiary/aromatic N) is 2. The molecule has 1 aromatic carbocycles. The third-order valence-corrected chi connectivity index (χ3v) is 3.58. The largest absolute Gasteiger partial charge is 0.327 e. The zero-order chi connectivity index (χ0) is 12.4. The number of benzene rings is 1. The minimum absolute atomic E-state index is 0.333. The molecule has 0 radical (unpaired) electrons. The van der Waals surface area contributed by atoms with Crippen molar-refractivity contribution in [1.82, 2.24) is 9.88 Å². The number of pyridine rings is 1. The molecule has 3 heteroatoms. The van der Waals surface area contributed by atoms with Crippen LogP contribution in [0.2, 0.25) is 0 Å². The average Bonchev–Trinajstić information content (AvgIpc) is 2.39. The Hall–Kier alpha value is -1.45. The number of hydrogen-bond donors (Lipinski definition) is 1. The van der Waals surface area contributed by atoms with E-state index in [-0.39, 0.29) is 0 Å². The highest BCUT2D eigenvalue weighted by atomic mass is 15.1. The molecule has 1 saturated heterocycles. The van der Waals surface area contributed by atoms with Gasteiger partial charge in [0.1, 0.15) is 0 Å². The van der Waals surface area contributed by atoms with Crippen LogP contribution in [0.3, 0.4) is 0 Å². The molecule has 3 nitrogen and oxygen atoms in total. The van der Waals surface area contributed by atoms with Gasteiger partial charge in [-0.3, -0.25) is 9.88 Å². The molecule has 1 aliphatic rings. The van der Waals surface area contributed by atoms with Crippen molar-refractivity contribution in [3.8, 4) is 0 Å². The van der Waals surface area contributed by atoms with Crippen LogP contribution in [0, 0.1) is 0 Å². The maximum absolute atomic E-state index is 6.01. The molecular weight excluding hydrogens is 222 g/mol. The second kappa shape index (κ2) is 5.04. The number of nitrogens with two attached hydrogens (primary N) is 1. The highest BCUT2D eigenvalue weighted by molar-refractivity contribution is 5.78. The summed E-state index contributed by atoms with van der Waals surface area (Å²) >= 11 is 0. The van der Waals surface area contributed by atoms with Gasteiger partial charge in [0.15, 0.2) is 0 Å². The Balaban J connectivity index is 1.78. The monoisotopic (exact) mass is 241 g/mol. The third kappa shape index (κ3) is 2.52. The van der Waals surface area contributed by atoms with E-state index >= 15 is 0 Å². The van der Waals surface area contributed by atoms with Crippen molar-refractivity contribution in [1.29, 1.82) is 0 Å². The van der Waals surface area contributed by atoms with E-state index < -0.39 is 0 Å². The van der Waals surface area contributed by atoms with E-state index in [1.54, 1.807) is 0 Å². The summed E-state index contributed by atoms with van der Waals surface area (Å²) in [5.74, 6) is 0. The second-order valence-corrected chi connectivity index (χ2v) is 5.13. The number of hydrogen-bond acceptors (Lipinski definition) is 3. The molecule has 1 atom stereocenters. The highest BCUT2D eigenvalue weighted by Gasteiger charge is 2.16. The molecule has 0 unspecified atom stereocenters. The van der Waals surface area contributed by atoms with Crippen molar-refractivity contribution in [2.24, 2.45) is 5.73 Å². The van der Waals surface area contributed by atoms with Crippen LogP contribution in [0.1, 0.15) is 18.5 Å². The maximum Gasteiger partial charge on any atom is 0.0705 e. The number of likely N-dealkylation sites (tertiary alicyclic amines) is 1. The van der Waals surface area contributed by atoms with E-state index in [1.165, 1.54) is 11.8 Å². The Kier molecular flexibility index (Phi) is 3.26. The molecular formula is C15H19N3. The number of fused-ring (bicyclic) bond motifs is 1. The van der Waals surface area contributed by atoms with E-state index in [2.05, 4.69) is 29.2 Å². The SMILES string of the molecule is N[C@@H]1CCCN(Cc2ccc3ccccc3n2)C1. The lowest BCUT2D eigenvalue weighted by atomic mass is 10.1. The predicted molar refractivity (Wildman–Crippen MR) is 74.2 cm³/mol. The fourth-order valence-electron chi connectivity index (χ4n) is 2.66. The van der Waals surface area contributed by atoms with Gasteiger partial charge in [-0.1, -0.05) is 24.3 Å². The zero-order valence-electron chi connectivity index (χ0n) is 10.5. The Bertz CT molecular complexity index is 538. The first kappa shape index (κ1) is 11.6. The Labute approximate surface area is 108 Å². The van der Waals surface area contributed by atoms with Crippen LogP contribution in [0.5, 0.6) is 0 Å². The van der Waals surface area contributed by atoms with Crippen molar-refractivity contribution >= 4 is 10.9 Å². The predicted octanol–water partition coefficient (Wildman–Crippen LogP) is 2.16. The topological polar surface area (TPSA) is 42.1 Å². The third-order valence-electron chi connectivity index (χ3n) is 3.58. The molecule has 3 rings (SSSR count). The second-order valence-electron chi connectivity index (χ2n) is 5.13. The van der Waals surface area contributed by atoms with E-state index in [0.717, 1.165) is 37.3 Å². The average molecular weight is 241 g/mol. The molecule has 2 N–H and O–H groups in total. The standard InChI is InChI=1S/C15H19N3/c16-13-5-3-9-18(10-13)11-14-8-7-12-4-1-2-6-15(12)17-14/h1-2,4,6-8,13H,3,5,9-11,16H2/t13-/m1/s1. The van der Waals surface area contributed by atoms with Crippen LogP contribution in [0.4, 0.5) is 0 Å². The van der Waals surface area contributed by atoms with E-state index in [0.29, 0.717) is 6.04 Å². The van der Waals surface area contributed by atoms with E-state index in [4.69, 9.17) is 10.7 Å². The van der Waals surface area contributed by atoms with Gasteiger partial charge in [-0.05, 0) is 31.5 Å². The van der Waals surface area contributed by atoms with Gasteiger partial charge in [0.25, 0.3) is 0 Å². The fourth-order valence-corrected chi connectivity index (χ4v) is 2.66.